The molecule has 2 heterocycles. The molecule has 1 aliphatic rings. The number of morpholine rings is 1. The van der Waals surface area contributed by atoms with Gasteiger partial charge in [-0.05, 0) is 23.9 Å². The summed E-state index contributed by atoms with van der Waals surface area (Å²) in [6, 6.07) is 8.17. The summed E-state index contributed by atoms with van der Waals surface area (Å²) in [6.45, 7) is 7.10. The Morgan fingerprint density at radius 3 is 2.86 bits per heavy atom. The number of amides is 1. The van der Waals surface area contributed by atoms with Crippen LogP contribution in [0.5, 0.6) is 0 Å². The molecule has 0 atom stereocenters. The molecule has 0 saturated carbocycles. The van der Waals surface area contributed by atoms with Crippen molar-refractivity contribution in [1.29, 1.82) is 0 Å². The predicted octanol–water partition coefficient (Wildman–Crippen LogP) is 2.27. The lowest BCUT2D eigenvalue weighted by Gasteiger charge is -2.26. The minimum Gasteiger partial charge on any atom is -0.379 e. The molecule has 21 heavy (non-hydrogen) atoms. The van der Waals surface area contributed by atoms with Crippen LogP contribution in [-0.4, -0.2) is 50.2 Å². The average Bonchev–Trinajstić information content (AvgIpc) is 2.86. The van der Waals surface area contributed by atoms with Gasteiger partial charge in [0.25, 0.3) is 5.91 Å². The van der Waals surface area contributed by atoms with Crippen molar-refractivity contribution in [2.45, 2.75) is 6.92 Å². The molecule has 4 nitrogen and oxygen atoms in total. The number of rotatable bonds is 4. The first-order valence-electron chi connectivity index (χ1n) is 7.32. The van der Waals surface area contributed by atoms with Crippen molar-refractivity contribution in [3.8, 4) is 0 Å². The summed E-state index contributed by atoms with van der Waals surface area (Å²) >= 11 is 1.57. The molecule has 112 valence electrons. The maximum absolute atomic E-state index is 12.3. The number of fused-ring (bicyclic) bond motifs is 1. The number of aryl methyl sites for hydroxylation is 1. The second kappa shape index (κ2) is 6.56. The van der Waals surface area contributed by atoms with E-state index < -0.39 is 0 Å². The molecule has 3 rings (SSSR count). The standard InChI is InChI=1S/C16H20N2O2S/c1-12-13-4-2-3-5-14(13)21-15(12)16(19)17-6-7-18-8-10-20-11-9-18/h2-5H,6-11H2,1H3,(H,17,19). The van der Waals surface area contributed by atoms with Crippen molar-refractivity contribution < 1.29 is 9.53 Å². The zero-order valence-corrected chi connectivity index (χ0v) is 13.0. The molecule has 0 bridgehead atoms. The first-order valence-corrected chi connectivity index (χ1v) is 8.14. The highest BCUT2D eigenvalue weighted by Gasteiger charge is 2.15. The predicted molar refractivity (Wildman–Crippen MR) is 86.2 cm³/mol. The topological polar surface area (TPSA) is 41.6 Å². The third-order valence-electron chi connectivity index (χ3n) is 3.87. The molecule has 1 aromatic heterocycles. The van der Waals surface area contributed by atoms with E-state index in [1.165, 1.54) is 10.1 Å². The van der Waals surface area contributed by atoms with Crippen LogP contribution in [0, 0.1) is 6.92 Å². The van der Waals surface area contributed by atoms with Crippen LogP contribution in [0.1, 0.15) is 15.2 Å². The lowest BCUT2D eigenvalue weighted by molar-refractivity contribution is 0.0383. The molecular formula is C16H20N2O2S. The van der Waals surface area contributed by atoms with Gasteiger partial charge in [-0.3, -0.25) is 9.69 Å². The zero-order valence-electron chi connectivity index (χ0n) is 12.2. The van der Waals surface area contributed by atoms with Gasteiger partial charge in [0, 0.05) is 30.9 Å². The second-order valence-corrected chi connectivity index (χ2v) is 6.31. The van der Waals surface area contributed by atoms with Gasteiger partial charge in [0.2, 0.25) is 0 Å². The van der Waals surface area contributed by atoms with E-state index in [9.17, 15) is 4.79 Å². The molecule has 1 aromatic carbocycles. The Bertz CT molecular complexity index is 632. The number of nitrogens with zero attached hydrogens (tertiary/aromatic N) is 1. The van der Waals surface area contributed by atoms with E-state index in [0.717, 1.165) is 43.3 Å². The molecule has 2 aromatic rings. The van der Waals surface area contributed by atoms with Crippen molar-refractivity contribution >= 4 is 27.3 Å². The second-order valence-electron chi connectivity index (χ2n) is 5.26. The fourth-order valence-corrected chi connectivity index (χ4v) is 3.75. The van der Waals surface area contributed by atoms with E-state index in [0.29, 0.717) is 6.54 Å². The SMILES string of the molecule is Cc1c(C(=O)NCCN2CCOCC2)sc2ccccc12. The van der Waals surface area contributed by atoms with E-state index in [4.69, 9.17) is 4.74 Å². The monoisotopic (exact) mass is 304 g/mol. The maximum atomic E-state index is 12.3. The summed E-state index contributed by atoms with van der Waals surface area (Å²) in [5.74, 6) is 0.0435. The van der Waals surface area contributed by atoms with Gasteiger partial charge in [-0.2, -0.15) is 0 Å². The van der Waals surface area contributed by atoms with Gasteiger partial charge in [0.15, 0.2) is 0 Å². The van der Waals surface area contributed by atoms with Crippen LogP contribution in [-0.2, 0) is 4.74 Å². The summed E-state index contributed by atoms with van der Waals surface area (Å²) in [6.07, 6.45) is 0. The zero-order chi connectivity index (χ0) is 14.7. The molecule has 0 spiro atoms. The highest BCUT2D eigenvalue weighted by atomic mass is 32.1. The first-order chi connectivity index (χ1) is 10.3. The minimum absolute atomic E-state index is 0.0435. The summed E-state index contributed by atoms with van der Waals surface area (Å²) in [5.41, 5.74) is 1.08. The number of carbonyl (C=O) groups excluding carboxylic acids is 1. The van der Waals surface area contributed by atoms with Gasteiger partial charge in [0.05, 0.1) is 18.1 Å². The summed E-state index contributed by atoms with van der Waals surface area (Å²) < 4.78 is 6.49. The van der Waals surface area contributed by atoms with Gasteiger partial charge in [-0.25, -0.2) is 0 Å². The smallest absolute Gasteiger partial charge is 0.261 e. The largest absolute Gasteiger partial charge is 0.379 e. The Morgan fingerprint density at radius 2 is 2.10 bits per heavy atom. The molecule has 1 amide bonds. The van der Waals surface area contributed by atoms with Crippen molar-refractivity contribution in [1.82, 2.24) is 10.2 Å². The summed E-state index contributed by atoms with van der Waals surface area (Å²) in [7, 11) is 0. The highest BCUT2D eigenvalue weighted by molar-refractivity contribution is 7.21. The van der Waals surface area contributed by atoms with Crippen LogP contribution >= 0.6 is 11.3 Å². The van der Waals surface area contributed by atoms with Crippen LogP contribution < -0.4 is 5.32 Å². The Balaban J connectivity index is 1.60. The van der Waals surface area contributed by atoms with Gasteiger partial charge >= 0.3 is 0 Å². The summed E-state index contributed by atoms with van der Waals surface area (Å²) in [4.78, 5) is 15.5. The third-order valence-corrected chi connectivity index (χ3v) is 5.14. The fraction of sp³-hybridized carbons (Fsp3) is 0.438. The highest BCUT2D eigenvalue weighted by Crippen LogP contribution is 2.30. The lowest BCUT2D eigenvalue weighted by atomic mass is 10.1. The van der Waals surface area contributed by atoms with Gasteiger partial charge in [0.1, 0.15) is 0 Å². The Hall–Kier alpha value is -1.43. The van der Waals surface area contributed by atoms with Crippen LogP contribution in [0.3, 0.4) is 0 Å². The molecule has 0 radical (unpaired) electrons. The number of nitrogens with one attached hydrogen (secondary N) is 1. The fourth-order valence-electron chi connectivity index (χ4n) is 2.62. The van der Waals surface area contributed by atoms with Crippen LogP contribution in [0.25, 0.3) is 10.1 Å². The first kappa shape index (κ1) is 14.5. The molecule has 1 fully saturated rings. The quantitative estimate of drug-likeness (QED) is 0.942. The molecular weight excluding hydrogens is 284 g/mol. The number of thiophene rings is 1. The molecule has 1 aliphatic heterocycles. The van der Waals surface area contributed by atoms with Crippen LogP contribution in [0.2, 0.25) is 0 Å². The number of ether oxygens (including phenoxy) is 1. The molecule has 1 N–H and O–H groups in total. The van der Waals surface area contributed by atoms with E-state index in [-0.39, 0.29) is 5.91 Å². The van der Waals surface area contributed by atoms with Crippen molar-refractivity contribution in [2.75, 3.05) is 39.4 Å². The normalized spacial score (nSPS) is 16.2. The van der Waals surface area contributed by atoms with Crippen molar-refractivity contribution in [3.63, 3.8) is 0 Å². The molecule has 0 unspecified atom stereocenters. The summed E-state index contributed by atoms with van der Waals surface area (Å²) in [5, 5.41) is 4.22. The number of hydrogen-bond donors (Lipinski definition) is 1. The van der Waals surface area contributed by atoms with Crippen LogP contribution in [0.4, 0.5) is 0 Å². The Kier molecular flexibility index (Phi) is 4.53. The van der Waals surface area contributed by atoms with E-state index in [1.54, 1.807) is 11.3 Å². The van der Waals surface area contributed by atoms with E-state index in [2.05, 4.69) is 22.3 Å². The Labute approximate surface area is 128 Å². The van der Waals surface area contributed by atoms with Gasteiger partial charge in [-0.1, -0.05) is 18.2 Å². The third kappa shape index (κ3) is 3.26. The van der Waals surface area contributed by atoms with Crippen LogP contribution in [0.15, 0.2) is 24.3 Å². The lowest BCUT2D eigenvalue weighted by Crippen LogP contribution is -2.41. The number of carbonyl (C=O) groups is 1. The molecule has 0 aliphatic carbocycles. The maximum Gasteiger partial charge on any atom is 0.261 e. The van der Waals surface area contributed by atoms with Gasteiger partial charge < -0.3 is 10.1 Å². The van der Waals surface area contributed by atoms with E-state index in [1.807, 2.05) is 19.1 Å². The molecule has 1 saturated heterocycles. The molecule has 5 heteroatoms. The average molecular weight is 304 g/mol. The number of hydrogen-bond acceptors (Lipinski definition) is 4. The van der Waals surface area contributed by atoms with Crippen molar-refractivity contribution in [2.24, 2.45) is 0 Å². The minimum atomic E-state index is 0.0435. The number of benzene rings is 1. The van der Waals surface area contributed by atoms with Gasteiger partial charge in [-0.15, -0.1) is 11.3 Å². The Morgan fingerprint density at radius 1 is 1.33 bits per heavy atom. The van der Waals surface area contributed by atoms with Crippen molar-refractivity contribution in [3.05, 3.63) is 34.7 Å². The van der Waals surface area contributed by atoms with E-state index >= 15 is 0 Å².